The van der Waals surface area contributed by atoms with Gasteiger partial charge >= 0.3 is 0 Å². The Labute approximate surface area is 180 Å². The van der Waals surface area contributed by atoms with Gasteiger partial charge in [0.15, 0.2) is 0 Å². The second-order valence-corrected chi connectivity index (χ2v) is 9.44. The number of hydrogen-bond acceptors (Lipinski definition) is 5. The Hall–Kier alpha value is -1.69. The van der Waals surface area contributed by atoms with Gasteiger partial charge in [-0.3, -0.25) is 9.80 Å². The van der Waals surface area contributed by atoms with Crippen molar-refractivity contribution in [2.45, 2.75) is 38.8 Å². The Morgan fingerprint density at radius 2 is 1.69 bits per heavy atom. The molecule has 29 heavy (non-hydrogen) atoms. The number of likely N-dealkylation sites (tertiary alicyclic amines) is 2. The number of halogens is 1. The molecule has 4 rings (SSSR count). The molecule has 2 fully saturated rings. The van der Waals surface area contributed by atoms with E-state index in [9.17, 15) is 0 Å². The standard InChI is InChI=1S/C23H32N4O.ClH/c1-23(2,3)22-24-10-16(11-25-22)12-27-14-18-13-26(4)21(20(18)15-27)17-6-8-19(28-5)9-7-17;/h6-11,18,20-21H,12-15H2,1-5H3;1H/t18-,20+,21+;/m0./s1. The molecule has 2 aliphatic heterocycles. The van der Waals surface area contributed by atoms with Crippen molar-refractivity contribution in [2.75, 3.05) is 33.8 Å². The summed E-state index contributed by atoms with van der Waals surface area (Å²) < 4.78 is 5.32. The zero-order valence-corrected chi connectivity index (χ0v) is 18.9. The highest BCUT2D eigenvalue weighted by atomic mass is 35.5. The Kier molecular flexibility index (Phi) is 6.51. The Morgan fingerprint density at radius 1 is 1.03 bits per heavy atom. The minimum absolute atomic E-state index is 0. The second kappa shape index (κ2) is 8.58. The van der Waals surface area contributed by atoms with Crippen LogP contribution in [0.15, 0.2) is 36.7 Å². The van der Waals surface area contributed by atoms with E-state index in [4.69, 9.17) is 4.74 Å². The lowest BCUT2D eigenvalue weighted by atomic mass is 9.89. The average Bonchev–Trinajstić information content (AvgIpc) is 3.17. The van der Waals surface area contributed by atoms with Crippen LogP contribution < -0.4 is 4.74 Å². The molecule has 1 aromatic heterocycles. The minimum atomic E-state index is -0.000624. The summed E-state index contributed by atoms with van der Waals surface area (Å²) in [6, 6.07) is 9.10. The van der Waals surface area contributed by atoms with Crippen LogP contribution in [0, 0.1) is 11.8 Å². The van der Waals surface area contributed by atoms with Gasteiger partial charge in [0.1, 0.15) is 11.6 Å². The van der Waals surface area contributed by atoms with E-state index in [1.54, 1.807) is 7.11 Å². The van der Waals surface area contributed by atoms with Crippen molar-refractivity contribution in [3.63, 3.8) is 0 Å². The quantitative estimate of drug-likeness (QED) is 0.755. The summed E-state index contributed by atoms with van der Waals surface area (Å²) in [6.07, 6.45) is 4.02. The largest absolute Gasteiger partial charge is 0.497 e. The summed E-state index contributed by atoms with van der Waals surface area (Å²) >= 11 is 0. The fourth-order valence-corrected chi connectivity index (χ4v) is 4.86. The van der Waals surface area contributed by atoms with Gasteiger partial charge in [0.2, 0.25) is 0 Å². The maximum absolute atomic E-state index is 5.32. The van der Waals surface area contributed by atoms with Crippen LogP contribution in [0.2, 0.25) is 0 Å². The second-order valence-electron chi connectivity index (χ2n) is 9.44. The number of methoxy groups -OCH3 is 1. The molecule has 2 saturated heterocycles. The van der Waals surface area contributed by atoms with Crippen LogP contribution in [0.4, 0.5) is 0 Å². The van der Waals surface area contributed by atoms with Gasteiger partial charge < -0.3 is 4.74 Å². The van der Waals surface area contributed by atoms with Gasteiger partial charge in [0, 0.05) is 55.6 Å². The van der Waals surface area contributed by atoms with Crippen molar-refractivity contribution in [1.29, 1.82) is 0 Å². The Balaban J connectivity index is 0.00000240. The minimum Gasteiger partial charge on any atom is -0.497 e. The molecule has 0 N–H and O–H groups in total. The average molecular weight is 417 g/mol. The summed E-state index contributed by atoms with van der Waals surface area (Å²) in [4.78, 5) is 14.3. The van der Waals surface area contributed by atoms with E-state index in [0.29, 0.717) is 12.0 Å². The molecule has 0 aliphatic carbocycles. The molecule has 0 spiro atoms. The molecule has 0 radical (unpaired) electrons. The Bertz CT molecular complexity index is 803. The lowest BCUT2D eigenvalue weighted by molar-refractivity contribution is 0.224. The number of rotatable bonds is 4. The highest BCUT2D eigenvalue weighted by Crippen LogP contribution is 2.44. The van der Waals surface area contributed by atoms with E-state index in [1.165, 1.54) is 11.1 Å². The lowest BCUT2D eigenvalue weighted by Crippen LogP contribution is -2.29. The first kappa shape index (κ1) is 22.0. The van der Waals surface area contributed by atoms with Gasteiger partial charge in [-0.05, 0) is 36.6 Å². The highest BCUT2D eigenvalue weighted by Gasteiger charge is 2.45. The molecular formula is C23H33ClN4O. The highest BCUT2D eigenvalue weighted by molar-refractivity contribution is 5.85. The number of hydrogen-bond donors (Lipinski definition) is 0. The van der Waals surface area contributed by atoms with Crippen LogP contribution >= 0.6 is 12.4 Å². The molecule has 3 atom stereocenters. The predicted molar refractivity (Wildman–Crippen MR) is 119 cm³/mol. The molecule has 1 aromatic carbocycles. The maximum atomic E-state index is 5.32. The van der Waals surface area contributed by atoms with Crippen molar-refractivity contribution in [1.82, 2.24) is 19.8 Å². The van der Waals surface area contributed by atoms with Crippen LogP contribution in [-0.4, -0.2) is 53.6 Å². The van der Waals surface area contributed by atoms with Crippen molar-refractivity contribution in [3.05, 3.63) is 53.6 Å². The van der Waals surface area contributed by atoms with Gasteiger partial charge in [0.05, 0.1) is 7.11 Å². The molecule has 0 unspecified atom stereocenters. The van der Waals surface area contributed by atoms with E-state index < -0.39 is 0 Å². The fraction of sp³-hybridized carbons (Fsp3) is 0.565. The zero-order valence-electron chi connectivity index (χ0n) is 18.1. The normalized spacial score (nSPS) is 24.9. The van der Waals surface area contributed by atoms with E-state index in [1.807, 2.05) is 12.4 Å². The number of fused-ring (bicyclic) bond motifs is 1. The third-order valence-electron chi connectivity index (χ3n) is 6.21. The number of benzene rings is 1. The van der Waals surface area contributed by atoms with Crippen LogP contribution in [0.25, 0.3) is 0 Å². The molecule has 2 aliphatic rings. The van der Waals surface area contributed by atoms with Crippen molar-refractivity contribution >= 4 is 12.4 Å². The van der Waals surface area contributed by atoms with Crippen LogP contribution in [0.3, 0.4) is 0 Å². The maximum Gasteiger partial charge on any atom is 0.133 e. The fourth-order valence-electron chi connectivity index (χ4n) is 4.86. The molecule has 0 saturated carbocycles. The van der Waals surface area contributed by atoms with Gasteiger partial charge in [-0.2, -0.15) is 0 Å². The molecule has 158 valence electrons. The molecule has 6 heteroatoms. The zero-order chi connectivity index (χ0) is 19.9. The smallest absolute Gasteiger partial charge is 0.133 e. The van der Waals surface area contributed by atoms with Crippen molar-refractivity contribution < 1.29 is 4.74 Å². The Morgan fingerprint density at radius 3 is 2.28 bits per heavy atom. The summed E-state index contributed by atoms with van der Waals surface area (Å²) in [5.74, 6) is 3.24. The molecular weight excluding hydrogens is 384 g/mol. The first-order valence-electron chi connectivity index (χ1n) is 10.2. The predicted octanol–water partition coefficient (Wildman–Crippen LogP) is 3.94. The van der Waals surface area contributed by atoms with Gasteiger partial charge in [0.25, 0.3) is 0 Å². The number of ether oxygens (including phenoxy) is 1. The number of nitrogens with zero attached hydrogens (tertiary/aromatic N) is 4. The number of aromatic nitrogens is 2. The van der Waals surface area contributed by atoms with Gasteiger partial charge in [-0.1, -0.05) is 32.9 Å². The van der Waals surface area contributed by atoms with Crippen LogP contribution in [0.5, 0.6) is 5.75 Å². The molecule has 0 bridgehead atoms. The first-order chi connectivity index (χ1) is 13.3. The summed E-state index contributed by atoms with van der Waals surface area (Å²) in [6.45, 7) is 10.8. The first-order valence-corrected chi connectivity index (χ1v) is 10.2. The van der Waals surface area contributed by atoms with Crippen molar-refractivity contribution in [3.8, 4) is 5.75 Å². The molecule has 5 nitrogen and oxygen atoms in total. The summed E-state index contributed by atoms with van der Waals surface area (Å²) in [7, 11) is 3.98. The lowest BCUT2D eigenvalue weighted by Gasteiger charge is -2.27. The third-order valence-corrected chi connectivity index (χ3v) is 6.21. The SMILES string of the molecule is COc1ccc([C@@H]2[C@@H]3CN(Cc4cnc(C(C)(C)C)nc4)C[C@@H]3CN2C)cc1.Cl. The summed E-state index contributed by atoms with van der Waals surface area (Å²) in [5, 5.41) is 0. The van der Waals surface area contributed by atoms with Gasteiger partial charge in [-0.15, -0.1) is 12.4 Å². The van der Waals surface area contributed by atoms with Crippen molar-refractivity contribution in [2.24, 2.45) is 11.8 Å². The topological polar surface area (TPSA) is 41.5 Å². The van der Waals surface area contributed by atoms with Crippen LogP contribution in [-0.2, 0) is 12.0 Å². The molecule has 2 aromatic rings. The molecule has 3 heterocycles. The summed E-state index contributed by atoms with van der Waals surface area (Å²) in [5.41, 5.74) is 2.61. The van der Waals surface area contributed by atoms with E-state index in [-0.39, 0.29) is 17.8 Å². The third kappa shape index (κ3) is 4.57. The van der Waals surface area contributed by atoms with E-state index in [2.05, 4.69) is 71.9 Å². The monoisotopic (exact) mass is 416 g/mol. The van der Waals surface area contributed by atoms with Crippen LogP contribution in [0.1, 0.15) is 43.8 Å². The molecule has 0 amide bonds. The van der Waals surface area contributed by atoms with Gasteiger partial charge in [-0.25, -0.2) is 9.97 Å². The van der Waals surface area contributed by atoms with E-state index in [0.717, 1.165) is 43.7 Å². The van der Waals surface area contributed by atoms with E-state index >= 15 is 0 Å².